The Morgan fingerprint density at radius 1 is 1.41 bits per heavy atom. The third-order valence-electron chi connectivity index (χ3n) is 3.61. The van der Waals surface area contributed by atoms with Gasteiger partial charge in [-0.25, -0.2) is 4.68 Å². The monoisotopic (exact) mass is 299 g/mol. The summed E-state index contributed by atoms with van der Waals surface area (Å²) in [4.78, 5) is 12.4. The first-order valence-corrected chi connectivity index (χ1v) is 7.04. The molecule has 0 aliphatic carbocycles. The lowest BCUT2D eigenvalue weighted by atomic mass is 10.1. The summed E-state index contributed by atoms with van der Waals surface area (Å²) in [5.74, 6) is 1.38. The number of fused-ring (bicyclic) bond motifs is 1. The van der Waals surface area contributed by atoms with Crippen molar-refractivity contribution in [1.29, 1.82) is 0 Å². The molecule has 3 aromatic rings. The molecule has 0 aliphatic heterocycles. The van der Waals surface area contributed by atoms with Crippen molar-refractivity contribution in [2.45, 2.75) is 20.4 Å². The zero-order valence-electron chi connectivity index (χ0n) is 12.7. The van der Waals surface area contributed by atoms with Crippen LogP contribution in [0, 0.1) is 6.92 Å². The number of ether oxygens (including phenoxy) is 1. The molecule has 2 aromatic heterocycles. The summed E-state index contributed by atoms with van der Waals surface area (Å²) in [7, 11) is 1.61. The fourth-order valence-corrected chi connectivity index (χ4v) is 2.41. The highest BCUT2D eigenvalue weighted by Crippen LogP contribution is 2.29. The maximum Gasteiger partial charge on any atom is 0.292 e. The van der Waals surface area contributed by atoms with Crippen LogP contribution in [0.1, 0.15) is 23.0 Å². The molecule has 0 aliphatic rings. The van der Waals surface area contributed by atoms with E-state index in [-0.39, 0.29) is 5.91 Å². The number of hydrogen-bond donors (Lipinski definition) is 1. The summed E-state index contributed by atoms with van der Waals surface area (Å²) in [6, 6.07) is 7.22. The summed E-state index contributed by atoms with van der Waals surface area (Å²) in [6.45, 7) is 4.50. The molecule has 0 unspecified atom stereocenters. The van der Waals surface area contributed by atoms with Crippen molar-refractivity contribution in [3.05, 3.63) is 41.8 Å². The summed E-state index contributed by atoms with van der Waals surface area (Å²) < 4.78 is 12.6. The molecule has 22 heavy (non-hydrogen) atoms. The molecule has 0 saturated carbocycles. The van der Waals surface area contributed by atoms with Gasteiger partial charge in [-0.1, -0.05) is 0 Å². The Morgan fingerprint density at radius 2 is 2.23 bits per heavy atom. The maximum atomic E-state index is 12.4. The number of aromatic nitrogens is 2. The molecule has 2 heterocycles. The Hall–Kier alpha value is -2.76. The van der Waals surface area contributed by atoms with E-state index in [1.807, 2.05) is 19.9 Å². The van der Waals surface area contributed by atoms with Crippen molar-refractivity contribution in [2.24, 2.45) is 0 Å². The van der Waals surface area contributed by atoms with Crippen LogP contribution < -0.4 is 10.1 Å². The number of anilines is 1. The third-order valence-corrected chi connectivity index (χ3v) is 3.61. The van der Waals surface area contributed by atoms with Gasteiger partial charge >= 0.3 is 0 Å². The van der Waals surface area contributed by atoms with Crippen molar-refractivity contribution >= 4 is 22.7 Å². The average Bonchev–Trinajstić information content (AvgIpc) is 3.11. The molecular weight excluding hydrogens is 282 g/mol. The summed E-state index contributed by atoms with van der Waals surface area (Å²) in [6.07, 6.45) is 1.65. The molecule has 0 atom stereocenters. The van der Waals surface area contributed by atoms with E-state index in [1.165, 1.54) is 0 Å². The zero-order chi connectivity index (χ0) is 15.7. The molecule has 0 bridgehead atoms. The number of furan rings is 1. The number of aryl methyl sites for hydroxylation is 2. The van der Waals surface area contributed by atoms with Crippen molar-refractivity contribution < 1.29 is 13.9 Å². The third kappa shape index (κ3) is 2.32. The molecule has 6 nitrogen and oxygen atoms in total. The minimum absolute atomic E-state index is 0.289. The summed E-state index contributed by atoms with van der Waals surface area (Å²) in [5.41, 5.74) is 1.45. The number of carbonyl (C=O) groups is 1. The SMILES string of the molecule is CCn1nccc1NC(=O)c1oc2ccc(OC)cc2c1C. The zero-order valence-corrected chi connectivity index (χ0v) is 12.7. The smallest absolute Gasteiger partial charge is 0.292 e. The normalized spacial score (nSPS) is 10.9. The Labute approximate surface area is 127 Å². The Balaban J connectivity index is 1.95. The lowest BCUT2D eigenvalue weighted by Gasteiger charge is -2.05. The number of benzene rings is 1. The van der Waals surface area contributed by atoms with Crippen LogP contribution in [-0.2, 0) is 6.54 Å². The number of carbonyl (C=O) groups excluding carboxylic acids is 1. The molecular formula is C16H17N3O3. The fourth-order valence-electron chi connectivity index (χ4n) is 2.41. The minimum Gasteiger partial charge on any atom is -0.497 e. The van der Waals surface area contributed by atoms with E-state index in [0.29, 0.717) is 23.7 Å². The lowest BCUT2D eigenvalue weighted by molar-refractivity contribution is 0.0997. The maximum absolute atomic E-state index is 12.4. The summed E-state index contributed by atoms with van der Waals surface area (Å²) in [5, 5.41) is 7.82. The van der Waals surface area contributed by atoms with E-state index >= 15 is 0 Å². The van der Waals surface area contributed by atoms with E-state index in [0.717, 1.165) is 16.7 Å². The summed E-state index contributed by atoms with van der Waals surface area (Å²) >= 11 is 0. The topological polar surface area (TPSA) is 69.3 Å². The number of rotatable bonds is 4. The van der Waals surface area contributed by atoms with Crippen LogP contribution in [-0.4, -0.2) is 22.8 Å². The van der Waals surface area contributed by atoms with Crippen molar-refractivity contribution in [3.63, 3.8) is 0 Å². The first kappa shape index (κ1) is 14.2. The van der Waals surface area contributed by atoms with Crippen LogP contribution in [0.3, 0.4) is 0 Å². The van der Waals surface area contributed by atoms with Gasteiger partial charge in [0.25, 0.3) is 5.91 Å². The van der Waals surface area contributed by atoms with Crippen LogP contribution >= 0.6 is 0 Å². The van der Waals surface area contributed by atoms with E-state index in [9.17, 15) is 4.79 Å². The van der Waals surface area contributed by atoms with Gasteiger partial charge in [0.2, 0.25) is 0 Å². The molecule has 6 heteroatoms. The van der Waals surface area contributed by atoms with E-state index in [2.05, 4.69) is 10.4 Å². The first-order valence-electron chi connectivity index (χ1n) is 7.04. The van der Waals surface area contributed by atoms with Gasteiger partial charge in [-0.05, 0) is 32.0 Å². The van der Waals surface area contributed by atoms with Gasteiger partial charge in [-0.15, -0.1) is 0 Å². The highest BCUT2D eigenvalue weighted by molar-refractivity contribution is 6.06. The van der Waals surface area contributed by atoms with Gasteiger partial charge in [0.05, 0.1) is 13.3 Å². The van der Waals surface area contributed by atoms with Crippen molar-refractivity contribution in [2.75, 3.05) is 12.4 Å². The number of hydrogen-bond acceptors (Lipinski definition) is 4. The largest absolute Gasteiger partial charge is 0.497 e. The quantitative estimate of drug-likeness (QED) is 0.803. The lowest BCUT2D eigenvalue weighted by Crippen LogP contribution is -2.15. The van der Waals surface area contributed by atoms with Crippen LogP contribution in [0.2, 0.25) is 0 Å². The standard InChI is InChI=1S/C16H17N3O3/c1-4-19-14(7-8-17-19)18-16(20)15-10(2)12-9-11(21-3)5-6-13(12)22-15/h5-9H,4H2,1-3H3,(H,18,20). The molecule has 3 rings (SSSR count). The highest BCUT2D eigenvalue weighted by atomic mass is 16.5. The number of methoxy groups -OCH3 is 1. The molecule has 1 aromatic carbocycles. The van der Waals surface area contributed by atoms with Gasteiger partial charge in [0, 0.05) is 23.6 Å². The van der Waals surface area contributed by atoms with Gasteiger partial charge in [0.15, 0.2) is 5.76 Å². The molecule has 0 spiro atoms. The fraction of sp³-hybridized carbons (Fsp3) is 0.250. The van der Waals surface area contributed by atoms with Gasteiger partial charge in [0.1, 0.15) is 17.2 Å². The van der Waals surface area contributed by atoms with Gasteiger partial charge in [-0.2, -0.15) is 5.10 Å². The number of nitrogens with one attached hydrogen (secondary N) is 1. The minimum atomic E-state index is -0.289. The molecule has 0 radical (unpaired) electrons. The second-order valence-electron chi connectivity index (χ2n) is 4.90. The van der Waals surface area contributed by atoms with Crippen LogP contribution in [0.5, 0.6) is 5.75 Å². The van der Waals surface area contributed by atoms with Gasteiger partial charge in [-0.3, -0.25) is 4.79 Å². The number of nitrogens with zero attached hydrogens (tertiary/aromatic N) is 2. The molecule has 0 fully saturated rings. The van der Waals surface area contributed by atoms with Crippen LogP contribution in [0.4, 0.5) is 5.82 Å². The Kier molecular flexibility index (Phi) is 3.58. The van der Waals surface area contributed by atoms with Crippen molar-refractivity contribution in [1.82, 2.24) is 9.78 Å². The second kappa shape index (κ2) is 5.55. The first-order chi connectivity index (χ1) is 10.6. The molecule has 1 N–H and O–H groups in total. The van der Waals surface area contributed by atoms with E-state index in [4.69, 9.17) is 9.15 Å². The molecule has 1 amide bonds. The number of amides is 1. The Morgan fingerprint density at radius 3 is 2.95 bits per heavy atom. The predicted octanol–water partition coefficient (Wildman–Crippen LogP) is 3.22. The molecule has 114 valence electrons. The van der Waals surface area contributed by atoms with E-state index < -0.39 is 0 Å². The van der Waals surface area contributed by atoms with Gasteiger partial charge < -0.3 is 14.5 Å². The van der Waals surface area contributed by atoms with Crippen LogP contribution in [0.25, 0.3) is 11.0 Å². The van der Waals surface area contributed by atoms with Crippen LogP contribution in [0.15, 0.2) is 34.9 Å². The highest BCUT2D eigenvalue weighted by Gasteiger charge is 2.19. The van der Waals surface area contributed by atoms with Crippen molar-refractivity contribution in [3.8, 4) is 5.75 Å². The Bertz CT molecular complexity index is 832. The molecule has 0 saturated heterocycles. The predicted molar refractivity (Wildman–Crippen MR) is 83.4 cm³/mol. The van der Waals surface area contributed by atoms with E-state index in [1.54, 1.807) is 36.2 Å². The average molecular weight is 299 g/mol. The second-order valence-corrected chi connectivity index (χ2v) is 4.90.